The maximum absolute atomic E-state index is 13.0. The Balaban J connectivity index is 1.92. The van der Waals surface area contributed by atoms with Crippen LogP contribution >= 0.6 is 0 Å². The van der Waals surface area contributed by atoms with Crippen molar-refractivity contribution in [3.8, 4) is 5.69 Å². The Kier molecular flexibility index (Phi) is 3.61. The molecule has 25 heavy (non-hydrogen) atoms. The van der Waals surface area contributed by atoms with Gasteiger partial charge in [0.05, 0.1) is 5.69 Å². The quantitative estimate of drug-likeness (QED) is 0.606. The van der Waals surface area contributed by atoms with Crippen molar-refractivity contribution in [2.24, 2.45) is 0 Å². The lowest BCUT2D eigenvalue weighted by Gasteiger charge is -2.05. The van der Waals surface area contributed by atoms with E-state index in [0.717, 1.165) is 11.3 Å². The summed E-state index contributed by atoms with van der Waals surface area (Å²) < 4.78 is 1.40. The molecule has 5 nitrogen and oxygen atoms in total. The van der Waals surface area contributed by atoms with E-state index in [1.165, 1.54) is 4.68 Å². The summed E-state index contributed by atoms with van der Waals surface area (Å²) in [6.45, 7) is 1.86. The molecule has 4 aromatic rings. The van der Waals surface area contributed by atoms with E-state index in [2.05, 4.69) is 10.1 Å². The van der Waals surface area contributed by atoms with Crippen LogP contribution in [0.3, 0.4) is 0 Å². The number of fused-ring (bicyclic) bond motifs is 1. The molecule has 0 bridgehead atoms. The number of nitrogens with one attached hydrogen (secondary N) is 2. The minimum atomic E-state index is -0.336. The predicted molar refractivity (Wildman–Crippen MR) is 98.5 cm³/mol. The third kappa shape index (κ3) is 2.59. The average Bonchev–Trinajstić information content (AvgIpc) is 2.96. The first-order valence-corrected chi connectivity index (χ1v) is 8.11. The van der Waals surface area contributed by atoms with E-state index < -0.39 is 0 Å². The van der Waals surface area contributed by atoms with E-state index in [1.807, 2.05) is 67.6 Å². The van der Waals surface area contributed by atoms with Gasteiger partial charge in [0.25, 0.3) is 5.56 Å². The first-order chi connectivity index (χ1) is 12.1. The zero-order valence-corrected chi connectivity index (χ0v) is 13.7. The summed E-state index contributed by atoms with van der Waals surface area (Å²) >= 11 is 0. The molecule has 2 aromatic heterocycles. The monoisotopic (exact) mass is 331 g/mol. The molecule has 0 spiro atoms. The SMILES string of the molecule is Cc1[nH]c2[nH]n(-c3ccccc3)c(=O)c2c(=O)c1Cc1ccccc1. The van der Waals surface area contributed by atoms with Crippen LogP contribution in [0.15, 0.2) is 70.3 Å². The lowest BCUT2D eigenvalue weighted by atomic mass is 10.0. The van der Waals surface area contributed by atoms with Crippen molar-refractivity contribution in [1.29, 1.82) is 0 Å². The Morgan fingerprint density at radius 3 is 2.24 bits per heavy atom. The minimum absolute atomic E-state index is 0.167. The van der Waals surface area contributed by atoms with Gasteiger partial charge in [0.2, 0.25) is 0 Å². The highest BCUT2D eigenvalue weighted by Gasteiger charge is 2.17. The van der Waals surface area contributed by atoms with Crippen molar-refractivity contribution in [2.75, 3.05) is 0 Å². The standard InChI is InChI=1S/C20H17N3O2/c1-13-16(12-14-8-4-2-5-9-14)18(24)17-19(21-13)22-23(20(17)25)15-10-6-3-7-11-15/h2-11H,12H2,1H3,(H2,21,22,24). The second-order valence-electron chi connectivity index (χ2n) is 6.06. The number of pyridine rings is 1. The van der Waals surface area contributed by atoms with E-state index in [4.69, 9.17) is 0 Å². The van der Waals surface area contributed by atoms with Crippen LogP contribution in [0.2, 0.25) is 0 Å². The molecule has 124 valence electrons. The van der Waals surface area contributed by atoms with Crippen LogP contribution < -0.4 is 11.0 Å². The second-order valence-corrected chi connectivity index (χ2v) is 6.06. The number of hydrogen-bond acceptors (Lipinski definition) is 2. The molecule has 0 aliphatic carbocycles. The van der Waals surface area contributed by atoms with Crippen molar-refractivity contribution >= 4 is 11.0 Å². The maximum atomic E-state index is 13.0. The van der Waals surface area contributed by atoms with Gasteiger partial charge in [0.15, 0.2) is 5.43 Å². The van der Waals surface area contributed by atoms with E-state index in [0.29, 0.717) is 23.3 Å². The third-order valence-electron chi connectivity index (χ3n) is 4.39. The number of hydrogen-bond donors (Lipinski definition) is 2. The smallest absolute Gasteiger partial charge is 0.284 e. The van der Waals surface area contributed by atoms with Gasteiger partial charge >= 0.3 is 0 Å². The molecule has 0 aliphatic rings. The fraction of sp³-hybridized carbons (Fsp3) is 0.100. The maximum Gasteiger partial charge on any atom is 0.284 e. The molecule has 0 saturated carbocycles. The molecule has 0 saturated heterocycles. The van der Waals surface area contributed by atoms with Gasteiger partial charge in [-0.15, -0.1) is 0 Å². The number of para-hydroxylation sites is 1. The van der Waals surface area contributed by atoms with Gasteiger partial charge in [-0.25, -0.2) is 4.68 Å². The number of aromatic amines is 2. The van der Waals surface area contributed by atoms with Crippen LogP contribution in [-0.4, -0.2) is 14.8 Å². The van der Waals surface area contributed by atoms with Crippen LogP contribution in [-0.2, 0) is 6.42 Å². The first-order valence-electron chi connectivity index (χ1n) is 8.11. The Hall–Kier alpha value is -3.34. The molecule has 4 rings (SSSR count). The lowest BCUT2D eigenvalue weighted by molar-refractivity contribution is 0.857. The fourth-order valence-electron chi connectivity index (χ4n) is 3.09. The first kappa shape index (κ1) is 15.2. The Labute approximate surface area is 143 Å². The number of rotatable bonds is 3. The molecule has 0 fully saturated rings. The molecule has 5 heteroatoms. The lowest BCUT2D eigenvalue weighted by Crippen LogP contribution is -2.21. The fourth-order valence-corrected chi connectivity index (χ4v) is 3.09. The van der Waals surface area contributed by atoms with Gasteiger partial charge in [-0.1, -0.05) is 48.5 Å². The topological polar surface area (TPSA) is 70.7 Å². The van der Waals surface area contributed by atoms with Crippen LogP contribution in [0.4, 0.5) is 0 Å². The van der Waals surface area contributed by atoms with Gasteiger partial charge in [-0.2, -0.15) is 0 Å². The summed E-state index contributed by atoms with van der Waals surface area (Å²) in [6, 6.07) is 19.0. The van der Waals surface area contributed by atoms with Crippen LogP contribution in [0.25, 0.3) is 16.7 Å². The van der Waals surface area contributed by atoms with Crippen molar-refractivity contribution in [2.45, 2.75) is 13.3 Å². The highest BCUT2D eigenvalue weighted by Crippen LogP contribution is 2.13. The van der Waals surface area contributed by atoms with E-state index in [9.17, 15) is 9.59 Å². The third-order valence-corrected chi connectivity index (χ3v) is 4.39. The average molecular weight is 331 g/mol. The van der Waals surface area contributed by atoms with Crippen molar-refractivity contribution in [3.63, 3.8) is 0 Å². The number of aromatic nitrogens is 3. The van der Waals surface area contributed by atoms with Crippen molar-refractivity contribution < 1.29 is 0 Å². The molecular weight excluding hydrogens is 314 g/mol. The summed E-state index contributed by atoms with van der Waals surface area (Å²) in [5.74, 6) is 0. The highest BCUT2D eigenvalue weighted by molar-refractivity contribution is 5.75. The summed E-state index contributed by atoms with van der Waals surface area (Å²) in [5, 5.41) is 3.17. The van der Waals surface area contributed by atoms with Gasteiger partial charge in [-0.05, 0) is 24.6 Å². The van der Waals surface area contributed by atoms with E-state index in [1.54, 1.807) is 0 Å². The molecule has 0 unspecified atom stereocenters. The van der Waals surface area contributed by atoms with Crippen molar-refractivity contribution in [3.05, 3.63) is 98.1 Å². The normalized spacial score (nSPS) is 11.1. The van der Waals surface area contributed by atoms with Crippen LogP contribution in [0.1, 0.15) is 16.8 Å². The Morgan fingerprint density at radius 2 is 1.56 bits per heavy atom. The number of aryl methyl sites for hydroxylation is 1. The van der Waals surface area contributed by atoms with E-state index in [-0.39, 0.29) is 16.4 Å². The molecule has 0 radical (unpaired) electrons. The molecule has 2 heterocycles. The van der Waals surface area contributed by atoms with Gasteiger partial charge in [0, 0.05) is 17.7 Å². The van der Waals surface area contributed by atoms with Crippen LogP contribution in [0, 0.1) is 6.92 Å². The van der Waals surface area contributed by atoms with Gasteiger partial charge in [0.1, 0.15) is 11.0 Å². The van der Waals surface area contributed by atoms with E-state index >= 15 is 0 Å². The molecule has 0 atom stereocenters. The van der Waals surface area contributed by atoms with Crippen LogP contribution in [0.5, 0.6) is 0 Å². The zero-order valence-electron chi connectivity index (χ0n) is 13.7. The Bertz CT molecular complexity index is 1150. The highest BCUT2D eigenvalue weighted by atomic mass is 16.1. The summed E-state index contributed by atoms with van der Waals surface area (Å²) in [6.07, 6.45) is 0.494. The molecule has 0 aliphatic heterocycles. The molecule has 0 amide bonds. The number of nitrogens with zero attached hydrogens (tertiary/aromatic N) is 1. The predicted octanol–water partition coefficient (Wildman–Crippen LogP) is 2.91. The summed E-state index contributed by atoms with van der Waals surface area (Å²) in [7, 11) is 0. The summed E-state index contributed by atoms with van der Waals surface area (Å²) in [4.78, 5) is 28.9. The minimum Gasteiger partial charge on any atom is -0.343 e. The van der Waals surface area contributed by atoms with Crippen molar-refractivity contribution in [1.82, 2.24) is 14.8 Å². The number of H-pyrrole nitrogens is 2. The Morgan fingerprint density at radius 1 is 0.920 bits per heavy atom. The second kappa shape index (κ2) is 5.94. The van der Waals surface area contributed by atoms with Gasteiger partial charge in [-0.3, -0.25) is 14.7 Å². The largest absolute Gasteiger partial charge is 0.343 e. The summed E-state index contributed by atoms with van der Waals surface area (Å²) in [5.41, 5.74) is 3.02. The molecular formula is C20H17N3O2. The van der Waals surface area contributed by atoms with Gasteiger partial charge < -0.3 is 4.98 Å². The molecule has 2 N–H and O–H groups in total. The molecule has 2 aromatic carbocycles. The zero-order chi connectivity index (χ0) is 17.4. The number of benzene rings is 2.